The van der Waals surface area contributed by atoms with Gasteiger partial charge < -0.3 is 5.32 Å². The molecule has 0 saturated carbocycles. The Morgan fingerprint density at radius 2 is 1.94 bits per heavy atom. The molecule has 1 rings (SSSR count). The zero-order chi connectivity index (χ0) is 13.5. The van der Waals surface area contributed by atoms with Gasteiger partial charge in [0.2, 0.25) is 0 Å². The van der Waals surface area contributed by atoms with Gasteiger partial charge in [0.1, 0.15) is 11.6 Å². The monoisotopic (exact) mass is 255 g/mol. The SMILES string of the molecule is CCCC(C)C(CNCC)c1ccc(F)cc1F. The predicted molar refractivity (Wildman–Crippen MR) is 71.7 cm³/mol. The number of benzene rings is 1. The standard InChI is InChI=1S/C15H23F2N/c1-4-6-11(3)14(10-18-5-2)13-8-7-12(16)9-15(13)17/h7-9,11,14,18H,4-6,10H2,1-3H3. The highest BCUT2D eigenvalue weighted by Crippen LogP contribution is 2.29. The lowest BCUT2D eigenvalue weighted by Gasteiger charge is -2.25. The van der Waals surface area contributed by atoms with Crippen molar-refractivity contribution in [2.75, 3.05) is 13.1 Å². The van der Waals surface area contributed by atoms with Crippen LogP contribution in [0.2, 0.25) is 0 Å². The fraction of sp³-hybridized carbons (Fsp3) is 0.600. The van der Waals surface area contributed by atoms with Crippen LogP contribution in [0.3, 0.4) is 0 Å². The maximum atomic E-state index is 13.9. The van der Waals surface area contributed by atoms with Crippen molar-refractivity contribution < 1.29 is 8.78 Å². The lowest BCUT2D eigenvalue weighted by Crippen LogP contribution is -2.26. The quantitative estimate of drug-likeness (QED) is 0.773. The molecule has 0 fully saturated rings. The molecule has 2 atom stereocenters. The highest BCUT2D eigenvalue weighted by atomic mass is 19.1. The summed E-state index contributed by atoms with van der Waals surface area (Å²) in [5.74, 6) is -0.457. The van der Waals surface area contributed by atoms with Crippen LogP contribution in [0.4, 0.5) is 8.78 Å². The van der Waals surface area contributed by atoms with Crippen LogP contribution >= 0.6 is 0 Å². The van der Waals surface area contributed by atoms with E-state index in [1.54, 1.807) is 6.07 Å². The highest BCUT2D eigenvalue weighted by Gasteiger charge is 2.21. The largest absolute Gasteiger partial charge is 0.316 e. The van der Waals surface area contributed by atoms with Gasteiger partial charge >= 0.3 is 0 Å². The summed E-state index contributed by atoms with van der Waals surface area (Å²) < 4.78 is 26.8. The number of hydrogen-bond donors (Lipinski definition) is 1. The van der Waals surface area contributed by atoms with Crippen molar-refractivity contribution in [3.63, 3.8) is 0 Å². The molecule has 0 radical (unpaired) electrons. The molecular formula is C15H23F2N. The summed E-state index contributed by atoms with van der Waals surface area (Å²) in [5.41, 5.74) is 0.623. The van der Waals surface area contributed by atoms with Crippen LogP contribution in [0.25, 0.3) is 0 Å². The van der Waals surface area contributed by atoms with Gasteiger partial charge in [-0.1, -0.05) is 39.7 Å². The molecular weight excluding hydrogens is 232 g/mol. The fourth-order valence-electron chi connectivity index (χ4n) is 2.38. The average molecular weight is 255 g/mol. The molecule has 0 saturated heterocycles. The van der Waals surface area contributed by atoms with E-state index in [1.807, 2.05) is 6.92 Å². The second-order valence-electron chi connectivity index (χ2n) is 4.85. The van der Waals surface area contributed by atoms with Crippen molar-refractivity contribution >= 4 is 0 Å². The second-order valence-corrected chi connectivity index (χ2v) is 4.85. The average Bonchev–Trinajstić information content (AvgIpc) is 2.32. The molecule has 0 heterocycles. The lowest BCUT2D eigenvalue weighted by molar-refractivity contribution is 0.394. The van der Waals surface area contributed by atoms with E-state index in [0.717, 1.165) is 32.0 Å². The first kappa shape index (κ1) is 15.1. The van der Waals surface area contributed by atoms with Crippen molar-refractivity contribution in [1.82, 2.24) is 5.32 Å². The van der Waals surface area contributed by atoms with E-state index in [4.69, 9.17) is 0 Å². The van der Waals surface area contributed by atoms with Crippen LogP contribution in [0, 0.1) is 17.6 Å². The van der Waals surface area contributed by atoms with Gasteiger partial charge in [0, 0.05) is 18.5 Å². The maximum Gasteiger partial charge on any atom is 0.129 e. The van der Waals surface area contributed by atoms with E-state index in [9.17, 15) is 8.78 Å². The number of rotatable bonds is 7. The van der Waals surface area contributed by atoms with Gasteiger partial charge in [0.15, 0.2) is 0 Å². The van der Waals surface area contributed by atoms with Crippen molar-refractivity contribution in [3.05, 3.63) is 35.4 Å². The van der Waals surface area contributed by atoms with Gasteiger partial charge in [-0.3, -0.25) is 0 Å². The first-order valence-electron chi connectivity index (χ1n) is 6.75. The van der Waals surface area contributed by atoms with Gasteiger partial charge in [-0.05, 0) is 24.1 Å². The minimum atomic E-state index is -0.512. The van der Waals surface area contributed by atoms with Gasteiger partial charge in [-0.2, -0.15) is 0 Å². The van der Waals surface area contributed by atoms with Crippen LogP contribution in [-0.4, -0.2) is 13.1 Å². The molecule has 2 unspecified atom stereocenters. The van der Waals surface area contributed by atoms with Crippen LogP contribution in [0.15, 0.2) is 18.2 Å². The van der Waals surface area contributed by atoms with E-state index in [1.165, 1.54) is 6.07 Å². The molecule has 0 bridgehead atoms. The Hall–Kier alpha value is -0.960. The number of hydrogen-bond acceptors (Lipinski definition) is 1. The zero-order valence-electron chi connectivity index (χ0n) is 11.5. The molecule has 1 aromatic carbocycles. The van der Waals surface area contributed by atoms with Crippen LogP contribution < -0.4 is 5.32 Å². The van der Waals surface area contributed by atoms with Crippen LogP contribution in [0.1, 0.15) is 45.1 Å². The first-order valence-corrected chi connectivity index (χ1v) is 6.75. The summed E-state index contributed by atoms with van der Waals surface area (Å²) in [6, 6.07) is 3.90. The summed E-state index contributed by atoms with van der Waals surface area (Å²) in [6.07, 6.45) is 2.12. The third kappa shape index (κ3) is 4.05. The van der Waals surface area contributed by atoms with E-state index in [0.29, 0.717) is 11.5 Å². The third-order valence-electron chi connectivity index (χ3n) is 3.41. The smallest absolute Gasteiger partial charge is 0.129 e. The Balaban J connectivity index is 2.93. The van der Waals surface area contributed by atoms with E-state index in [-0.39, 0.29) is 5.92 Å². The van der Waals surface area contributed by atoms with Crippen molar-refractivity contribution in [2.45, 2.75) is 39.5 Å². The molecule has 102 valence electrons. The minimum absolute atomic E-state index is 0.102. The Kier molecular flexibility index (Phi) is 6.27. The Bertz CT molecular complexity index is 366. The van der Waals surface area contributed by atoms with Crippen LogP contribution in [-0.2, 0) is 0 Å². The fourth-order valence-corrected chi connectivity index (χ4v) is 2.38. The highest BCUT2D eigenvalue weighted by molar-refractivity contribution is 5.23. The zero-order valence-corrected chi connectivity index (χ0v) is 11.5. The number of halogens is 2. The first-order chi connectivity index (χ1) is 8.60. The molecule has 0 spiro atoms. The van der Waals surface area contributed by atoms with Crippen molar-refractivity contribution in [1.29, 1.82) is 0 Å². The van der Waals surface area contributed by atoms with Gasteiger partial charge in [0.25, 0.3) is 0 Å². The molecule has 0 aromatic heterocycles. The molecule has 0 aliphatic carbocycles. The molecule has 0 aliphatic heterocycles. The normalized spacial score (nSPS) is 14.5. The van der Waals surface area contributed by atoms with Gasteiger partial charge in [0.05, 0.1) is 0 Å². The second kappa shape index (κ2) is 7.47. The summed E-state index contributed by atoms with van der Waals surface area (Å²) in [5, 5.41) is 3.27. The topological polar surface area (TPSA) is 12.0 Å². The summed E-state index contributed by atoms with van der Waals surface area (Å²) in [7, 11) is 0. The summed E-state index contributed by atoms with van der Waals surface area (Å²) in [6.45, 7) is 7.89. The molecule has 1 aromatic rings. The molecule has 3 heteroatoms. The minimum Gasteiger partial charge on any atom is -0.316 e. The maximum absolute atomic E-state index is 13.9. The van der Waals surface area contributed by atoms with Crippen LogP contribution in [0.5, 0.6) is 0 Å². The summed E-state index contributed by atoms with van der Waals surface area (Å²) >= 11 is 0. The van der Waals surface area contributed by atoms with Gasteiger partial charge in [-0.15, -0.1) is 0 Å². The van der Waals surface area contributed by atoms with Crippen molar-refractivity contribution in [3.8, 4) is 0 Å². The Morgan fingerprint density at radius 1 is 1.22 bits per heavy atom. The van der Waals surface area contributed by atoms with E-state index >= 15 is 0 Å². The Labute approximate surface area is 109 Å². The number of nitrogens with one attached hydrogen (secondary N) is 1. The molecule has 1 nitrogen and oxygen atoms in total. The summed E-state index contributed by atoms with van der Waals surface area (Å²) in [4.78, 5) is 0. The molecule has 0 aliphatic rings. The van der Waals surface area contributed by atoms with E-state index < -0.39 is 11.6 Å². The third-order valence-corrected chi connectivity index (χ3v) is 3.41. The number of likely N-dealkylation sites (N-methyl/N-ethyl adjacent to an activating group) is 1. The Morgan fingerprint density at radius 3 is 2.50 bits per heavy atom. The molecule has 0 amide bonds. The molecule has 18 heavy (non-hydrogen) atoms. The van der Waals surface area contributed by atoms with Gasteiger partial charge in [-0.25, -0.2) is 8.78 Å². The molecule has 1 N–H and O–H groups in total. The predicted octanol–water partition coefficient (Wildman–Crippen LogP) is 4.09. The lowest BCUT2D eigenvalue weighted by atomic mass is 9.84. The van der Waals surface area contributed by atoms with E-state index in [2.05, 4.69) is 19.2 Å². The van der Waals surface area contributed by atoms with Crippen molar-refractivity contribution in [2.24, 2.45) is 5.92 Å².